The highest BCUT2D eigenvalue weighted by atomic mass is 16.5. The highest BCUT2D eigenvalue weighted by Gasteiger charge is 2.34. The van der Waals surface area contributed by atoms with E-state index in [0.29, 0.717) is 0 Å². The van der Waals surface area contributed by atoms with Crippen LogP contribution >= 0.6 is 0 Å². The van der Waals surface area contributed by atoms with Crippen LogP contribution in [-0.2, 0) is 6.42 Å². The molecule has 0 saturated carbocycles. The van der Waals surface area contributed by atoms with Crippen molar-refractivity contribution in [2.45, 2.75) is 25.8 Å². The number of ether oxygens (including phenoxy) is 1. The molecule has 0 saturated heterocycles. The lowest BCUT2D eigenvalue weighted by atomic mass is 9.94. The molecule has 0 amide bonds. The van der Waals surface area contributed by atoms with E-state index in [9.17, 15) is 4.79 Å². The highest BCUT2D eigenvalue weighted by Crippen LogP contribution is 2.31. The zero-order chi connectivity index (χ0) is 11.7. The Kier molecular flexibility index (Phi) is 2.97. The van der Waals surface area contributed by atoms with Gasteiger partial charge in [0.15, 0.2) is 5.78 Å². The lowest BCUT2D eigenvalue weighted by Crippen LogP contribution is -2.33. The second-order valence-electron chi connectivity index (χ2n) is 4.27. The van der Waals surface area contributed by atoms with Crippen LogP contribution < -0.4 is 10.5 Å². The molecule has 86 valence electrons. The van der Waals surface area contributed by atoms with Crippen molar-refractivity contribution in [3.8, 4) is 5.75 Å². The Bertz CT molecular complexity index is 414. The van der Waals surface area contributed by atoms with Gasteiger partial charge in [0.05, 0.1) is 7.11 Å². The lowest BCUT2D eigenvalue weighted by Gasteiger charge is -2.14. The summed E-state index contributed by atoms with van der Waals surface area (Å²) in [7, 11) is 1.61. The number of fused-ring (bicyclic) bond motifs is 1. The molecule has 2 N–H and O–H groups in total. The summed E-state index contributed by atoms with van der Waals surface area (Å²) in [6, 6.07) is 5.64. The van der Waals surface area contributed by atoms with Crippen molar-refractivity contribution in [3.05, 3.63) is 29.3 Å². The molecule has 0 fully saturated rings. The number of carbonyl (C=O) groups is 1. The minimum Gasteiger partial charge on any atom is -0.497 e. The summed E-state index contributed by atoms with van der Waals surface area (Å²) in [5.41, 5.74) is 7.85. The Labute approximate surface area is 95.6 Å². The second kappa shape index (κ2) is 4.26. The number of benzene rings is 1. The first-order chi connectivity index (χ1) is 7.67. The van der Waals surface area contributed by atoms with Crippen molar-refractivity contribution in [2.24, 2.45) is 11.7 Å². The number of ketones is 1. The number of carbonyl (C=O) groups excluding carboxylic acids is 1. The molecule has 1 aliphatic rings. The van der Waals surface area contributed by atoms with E-state index in [1.54, 1.807) is 7.11 Å². The monoisotopic (exact) mass is 219 g/mol. The van der Waals surface area contributed by atoms with Crippen LogP contribution in [0.5, 0.6) is 5.75 Å². The number of nitrogens with two attached hydrogens (primary N) is 1. The van der Waals surface area contributed by atoms with Gasteiger partial charge < -0.3 is 10.5 Å². The number of methoxy groups -OCH3 is 1. The van der Waals surface area contributed by atoms with E-state index in [1.165, 1.54) is 0 Å². The third kappa shape index (κ3) is 1.71. The average Bonchev–Trinajstić information content (AvgIpc) is 2.65. The largest absolute Gasteiger partial charge is 0.497 e. The Morgan fingerprint density at radius 2 is 2.31 bits per heavy atom. The van der Waals surface area contributed by atoms with Crippen molar-refractivity contribution < 1.29 is 9.53 Å². The van der Waals surface area contributed by atoms with Gasteiger partial charge in [-0.15, -0.1) is 0 Å². The fraction of sp³-hybridized carbons (Fsp3) is 0.462. The summed E-state index contributed by atoms with van der Waals surface area (Å²) in [6.07, 6.45) is 1.61. The van der Waals surface area contributed by atoms with Gasteiger partial charge in [0.25, 0.3) is 0 Å². The zero-order valence-corrected chi connectivity index (χ0v) is 9.69. The van der Waals surface area contributed by atoms with Crippen molar-refractivity contribution in [1.82, 2.24) is 0 Å². The molecule has 1 aromatic carbocycles. The molecule has 16 heavy (non-hydrogen) atoms. The standard InChI is InChI=1S/C13H17NO2/c1-3-12(14)11-6-8-4-5-9(16-2)7-10(8)13(11)15/h4-5,7,11-12H,3,6,14H2,1-2H3. The number of hydrogen-bond donors (Lipinski definition) is 1. The van der Waals surface area contributed by atoms with E-state index in [4.69, 9.17) is 10.5 Å². The van der Waals surface area contributed by atoms with E-state index in [1.807, 2.05) is 25.1 Å². The van der Waals surface area contributed by atoms with Crippen LogP contribution in [0.1, 0.15) is 29.3 Å². The van der Waals surface area contributed by atoms with Gasteiger partial charge in [-0.25, -0.2) is 0 Å². The van der Waals surface area contributed by atoms with Crippen LogP contribution in [0.4, 0.5) is 0 Å². The molecular weight excluding hydrogens is 202 g/mol. The predicted octanol–water partition coefficient (Wildman–Crippen LogP) is 1.79. The topological polar surface area (TPSA) is 52.3 Å². The summed E-state index contributed by atoms with van der Waals surface area (Å²) in [4.78, 5) is 12.1. The van der Waals surface area contributed by atoms with Gasteiger partial charge in [-0.2, -0.15) is 0 Å². The number of Topliss-reactive ketones (excluding diaryl/α,β-unsaturated/α-hetero) is 1. The number of rotatable bonds is 3. The van der Waals surface area contributed by atoms with Gasteiger partial charge in [-0.3, -0.25) is 4.79 Å². The van der Waals surface area contributed by atoms with Gasteiger partial charge in [0, 0.05) is 17.5 Å². The molecule has 2 atom stereocenters. The first-order valence-corrected chi connectivity index (χ1v) is 5.64. The van der Waals surface area contributed by atoms with E-state index >= 15 is 0 Å². The minimum absolute atomic E-state index is 0.0362. The summed E-state index contributed by atoms with van der Waals surface area (Å²) < 4.78 is 5.13. The molecular formula is C13H17NO2. The van der Waals surface area contributed by atoms with E-state index in [0.717, 1.165) is 29.7 Å². The molecule has 1 aromatic rings. The predicted molar refractivity (Wildman–Crippen MR) is 62.8 cm³/mol. The molecule has 3 heteroatoms. The lowest BCUT2D eigenvalue weighted by molar-refractivity contribution is 0.0918. The molecule has 2 rings (SSSR count). The van der Waals surface area contributed by atoms with E-state index in [2.05, 4.69) is 0 Å². The summed E-state index contributed by atoms with van der Waals surface area (Å²) in [6.45, 7) is 2.02. The van der Waals surface area contributed by atoms with Crippen molar-refractivity contribution in [1.29, 1.82) is 0 Å². The first-order valence-electron chi connectivity index (χ1n) is 5.64. The van der Waals surface area contributed by atoms with Crippen molar-refractivity contribution in [3.63, 3.8) is 0 Å². The normalized spacial score (nSPS) is 20.7. The molecule has 0 aromatic heterocycles. The van der Waals surface area contributed by atoms with Gasteiger partial charge in [0.2, 0.25) is 0 Å². The summed E-state index contributed by atoms with van der Waals surface area (Å²) in [5.74, 6) is 0.855. The van der Waals surface area contributed by atoms with Crippen molar-refractivity contribution in [2.75, 3.05) is 7.11 Å². The third-order valence-corrected chi connectivity index (χ3v) is 3.35. The Hall–Kier alpha value is -1.35. The summed E-state index contributed by atoms with van der Waals surface area (Å²) >= 11 is 0. The minimum atomic E-state index is -0.0490. The third-order valence-electron chi connectivity index (χ3n) is 3.35. The van der Waals surface area contributed by atoms with Gasteiger partial charge in [-0.1, -0.05) is 13.0 Å². The second-order valence-corrected chi connectivity index (χ2v) is 4.27. The van der Waals surface area contributed by atoms with Crippen LogP contribution in [0, 0.1) is 5.92 Å². The van der Waals surface area contributed by atoms with Crippen LogP contribution in [0.15, 0.2) is 18.2 Å². The van der Waals surface area contributed by atoms with Gasteiger partial charge >= 0.3 is 0 Å². The van der Waals surface area contributed by atoms with E-state index < -0.39 is 0 Å². The Morgan fingerprint density at radius 1 is 1.56 bits per heavy atom. The molecule has 3 nitrogen and oxygen atoms in total. The first kappa shape index (κ1) is 11.1. The summed E-state index contributed by atoms with van der Waals surface area (Å²) in [5, 5.41) is 0. The quantitative estimate of drug-likeness (QED) is 0.843. The molecule has 2 unspecified atom stereocenters. The maximum atomic E-state index is 12.1. The molecule has 0 radical (unpaired) electrons. The van der Waals surface area contributed by atoms with Crippen molar-refractivity contribution >= 4 is 5.78 Å². The molecule has 0 heterocycles. The highest BCUT2D eigenvalue weighted by molar-refractivity contribution is 6.03. The maximum absolute atomic E-state index is 12.1. The van der Waals surface area contributed by atoms with Gasteiger partial charge in [0.1, 0.15) is 5.75 Å². The zero-order valence-electron chi connectivity index (χ0n) is 9.69. The van der Waals surface area contributed by atoms with E-state index in [-0.39, 0.29) is 17.7 Å². The molecule has 1 aliphatic carbocycles. The van der Waals surface area contributed by atoms with Crippen LogP contribution in [0.2, 0.25) is 0 Å². The fourth-order valence-corrected chi connectivity index (χ4v) is 2.25. The number of hydrogen-bond acceptors (Lipinski definition) is 3. The molecule has 0 aliphatic heterocycles. The van der Waals surface area contributed by atoms with Crippen LogP contribution in [-0.4, -0.2) is 18.9 Å². The molecule has 0 spiro atoms. The average molecular weight is 219 g/mol. The molecule has 0 bridgehead atoms. The fourth-order valence-electron chi connectivity index (χ4n) is 2.25. The SMILES string of the molecule is CCC(N)C1Cc2ccc(OC)cc2C1=O. The van der Waals surface area contributed by atoms with Crippen LogP contribution in [0.25, 0.3) is 0 Å². The van der Waals surface area contributed by atoms with Crippen LogP contribution in [0.3, 0.4) is 0 Å². The van der Waals surface area contributed by atoms with Gasteiger partial charge in [-0.05, 0) is 30.5 Å². The Morgan fingerprint density at radius 3 is 2.94 bits per heavy atom. The smallest absolute Gasteiger partial charge is 0.168 e. The Balaban J connectivity index is 2.31. The maximum Gasteiger partial charge on any atom is 0.168 e.